The van der Waals surface area contributed by atoms with Crippen molar-refractivity contribution in [3.05, 3.63) is 28.2 Å². The van der Waals surface area contributed by atoms with Crippen LogP contribution < -0.4 is 10.2 Å². The van der Waals surface area contributed by atoms with Crippen molar-refractivity contribution in [2.24, 2.45) is 0 Å². The molecule has 1 aromatic carbocycles. The Balaban J connectivity index is 2.10. The minimum Gasteiger partial charge on any atom is -0.360 e. The van der Waals surface area contributed by atoms with Crippen LogP contribution in [0.25, 0.3) is 0 Å². The fourth-order valence-electron chi connectivity index (χ4n) is 2.15. The maximum atomic E-state index is 11.8. The highest BCUT2D eigenvalue weighted by atomic mass is 79.9. The van der Waals surface area contributed by atoms with E-state index in [-0.39, 0.29) is 5.91 Å². The minimum atomic E-state index is 0.176. The van der Waals surface area contributed by atoms with Crippen molar-refractivity contribution in [1.29, 1.82) is 0 Å². The molecular formula is C14H20BrN3O. The second kappa shape index (κ2) is 6.39. The first-order valence-corrected chi connectivity index (χ1v) is 7.39. The summed E-state index contributed by atoms with van der Waals surface area (Å²) in [6.07, 6.45) is 0. The van der Waals surface area contributed by atoms with Crippen LogP contribution in [0.5, 0.6) is 0 Å². The van der Waals surface area contributed by atoms with Gasteiger partial charge in [-0.05, 0) is 40.2 Å². The molecule has 0 aromatic heterocycles. The summed E-state index contributed by atoms with van der Waals surface area (Å²) in [5, 5.41) is 3.31. The summed E-state index contributed by atoms with van der Waals surface area (Å²) in [6, 6.07) is 6.34. The van der Waals surface area contributed by atoms with Crippen molar-refractivity contribution in [3.8, 4) is 0 Å². The van der Waals surface area contributed by atoms with Gasteiger partial charge in [0.25, 0.3) is 0 Å². The van der Waals surface area contributed by atoms with Crippen LogP contribution in [0.4, 0.5) is 5.69 Å². The highest BCUT2D eigenvalue weighted by Crippen LogP contribution is 2.28. The molecule has 1 amide bonds. The number of nitrogens with one attached hydrogen (secondary N) is 1. The molecule has 5 heteroatoms. The number of rotatable bonds is 4. The molecule has 0 aliphatic carbocycles. The van der Waals surface area contributed by atoms with Gasteiger partial charge in [0.15, 0.2) is 0 Å². The lowest BCUT2D eigenvalue weighted by atomic mass is 10.1. The van der Waals surface area contributed by atoms with Gasteiger partial charge in [0.05, 0.1) is 12.2 Å². The summed E-state index contributed by atoms with van der Waals surface area (Å²) in [6.45, 7) is 6.06. The van der Waals surface area contributed by atoms with Crippen molar-refractivity contribution < 1.29 is 4.79 Å². The largest absolute Gasteiger partial charge is 0.360 e. The van der Waals surface area contributed by atoms with Crippen LogP contribution in [0.2, 0.25) is 0 Å². The molecule has 0 saturated carbocycles. The zero-order valence-corrected chi connectivity index (χ0v) is 13.0. The van der Waals surface area contributed by atoms with Gasteiger partial charge in [-0.15, -0.1) is 0 Å². The molecule has 0 spiro atoms. The highest BCUT2D eigenvalue weighted by molar-refractivity contribution is 9.10. The molecular weight excluding hydrogens is 306 g/mol. The second-order valence-corrected chi connectivity index (χ2v) is 5.66. The van der Waals surface area contributed by atoms with Crippen LogP contribution in [0.15, 0.2) is 22.7 Å². The third kappa shape index (κ3) is 3.48. The number of nitrogens with zero attached hydrogens (tertiary/aromatic N) is 2. The van der Waals surface area contributed by atoms with Gasteiger partial charge in [0.2, 0.25) is 5.91 Å². The number of benzene rings is 1. The third-order valence-electron chi connectivity index (χ3n) is 3.39. The van der Waals surface area contributed by atoms with Crippen molar-refractivity contribution in [1.82, 2.24) is 10.2 Å². The molecule has 1 N–H and O–H groups in total. The van der Waals surface area contributed by atoms with E-state index >= 15 is 0 Å². The first-order chi connectivity index (χ1) is 9.11. The van der Waals surface area contributed by atoms with Crippen LogP contribution >= 0.6 is 15.9 Å². The van der Waals surface area contributed by atoms with Gasteiger partial charge < -0.3 is 15.1 Å². The van der Waals surface area contributed by atoms with E-state index in [1.165, 1.54) is 5.56 Å². The molecule has 104 valence electrons. The number of halogens is 1. The van der Waals surface area contributed by atoms with E-state index in [0.29, 0.717) is 6.54 Å². The van der Waals surface area contributed by atoms with Gasteiger partial charge in [-0.3, -0.25) is 4.79 Å². The normalized spacial score (nSPS) is 16.1. The molecule has 1 fully saturated rings. The van der Waals surface area contributed by atoms with E-state index in [4.69, 9.17) is 0 Å². The van der Waals surface area contributed by atoms with Gasteiger partial charge in [0, 0.05) is 31.2 Å². The van der Waals surface area contributed by atoms with E-state index < -0.39 is 0 Å². The van der Waals surface area contributed by atoms with Gasteiger partial charge in [0.1, 0.15) is 0 Å². The SMILES string of the molecule is CCNCc1ccc(N2CCN(C)C(=O)C2)c(Br)c1. The third-order valence-corrected chi connectivity index (χ3v) is 4.02. The Labute approximate surface area is 122 Å². The van der Waals surface area contributed by atoms with Gasteiger partial charge in [-0.2, -0.15) is 0 Å². The second-order valence-electron chi connectivity index (χ2n) is 4.80. The lowest BCUT2D eigenvalue weighted by Gasteiger charge is -2.34. The Bertz CT molecular complexity index is 464. The van der Waals surface area contributed by atoms with Gasteiger partial charge in [-0.25, -0.2) is 0 Å². The van der Waals surface area contributed by atoms with Crippen molar-refractivity contribution in [3.63, 3.8) is 0 Å². The summed E-state index contributed by atoms with van der Waals surface area (Å²) >= 11 is 3.62. The van der Waals surface area contributed by atoms with Crippen LogP contribution in [-0.4, -0.2) is 44.0 Å². The zero-order chi connectivity index (χ0) is 13.8. The van der Waals surface area contributed by atoms with Crippen molar-refractivity contribution >= 4 is 27.5 Å². The zero-order valence-electron chi connectivity index (χ0n) is 11.4. The number of amides is 1. The monoisotopic (exact) mass is 325 g/mol. The average Bonchev–Trinajstić information content (AvgIpc) is 2.40. The molecule has 0 radical (unpaired) electrons. The van der Waals surface area contributed by atoms with Gasteiger partial charge >= 0.3 is 0 Å². The molecule has 1 aromatic rings. The van der Waals surface area contributed by atoms with E-state index in [0.717, 1.165) is 36.3 Å². The molecule has 4 nitrogen and oxygen atoms in total. The molecule has 1 saturated heterocycles. The molecule has 1 aliphatic rings. The Kier molecular flexibility index (Phi) is 4.82. The predicted molar refractivity (Wildman–Crippen MR) is 81.4 cm³/mol. The predicted octanol–water partition coefficient (Wildman–Crippen LogP) is 1.84. The van der Waals surface area contributed by atoms with Gasteiger partial charge in [-0.1, -0.05) is 13.0 Å². The molecule has 1 aliphatic heterocycles. The lowest BCUT2D eigenvalue weighted by Crippen LogP contribution is -2.48. The van der Waals surface area contributed by atoms with Crippen LogP contribution in [-0.2, 0) is 11.3 Å². The number of hydrogen-bond donors (Lipinski definition) is 1. The van der Waals surface area contributed by atoms with E-state index in [9.17, 15) is 4.79 Å². The van der Waals surface area contributed by atoms with Crippen molar-refractivity contribution in [2.75, 3.05) is 38.1 Å². The number of likely N-dealkylation sites (N-methyl/N-ethyl adjacent to an activating group) is 1. The number of anilines is 1. The Hall–Kier alpha value is -1.07. The van der Waals surface area contributed by atoms with Crippen molar-refractivity contribution in [2.45, 2.75) is 13.5 Å². The first kappa shape index (κ1) is 14.3. The Morgan fingerprint density at radius 1 is 1.37 bits per heavy atom. The maximum Gasteiger partial charge on any atom is 0.241 e. The summed E-state index contributed by atoms with van der Waals surface area (Å²) in [5.74, 6) is 0.176. The molecule has 19 heavy (non-hydrogen) atoms. The minimum absolute atomic E-state index is 0.176. The molecule has 0 bridgehead atoms. The smallest absolute Gasteiger partial charge is 0.241 e. The fraction of sp³-hybridized carbons (Fsp3) is 0.500. The Morgan fingerprint density at radius 3 is 2.79 bits per heavy atom. The number of carbonyl (C=O) groups is 1. The maximum absolute atomic E-state index is 11.8. The molecule has 0 atom stereocenters. The Morgan fingerprint density at radius 2 is 2.16 bits per heavy atom. The van der Waals surface area contributed by atoms with E-state index in [2.05, 4.69) is 51.3 Å². The average molecular weight is 326 g/mol. The summed E-state index contributed by atoms with van der Waals surface area (Å²) in [7, 11) is 1.86. The number of carbonyl (C=O) groups excluding carboxylic acids is 1. The van der Waals surface area contributed by atoms with Crippen LogP contribution in [0.3, 0.4) is 0 Å². The topological polar surface area (TPSA) is 35.6 Å². The summed E-state index contributed by atoms with van der Waals surface area (Å²) in [5.41, 5.74) is 2.35. The molecule has 1 heterocycles. The fourth-order valence-corrected chi connectivity index (χ4v) is 2.83. The molecule has 0 unspecified atom stereocenters. The summed E-state index contributed by atoms with van der Waals surface area (Å²) in [4.78, 5) is 15.7. The first-order valence-electron chi connectivity index (χ1n) is 6.60. The lowest BCUT2D eigenvalue weighted by molar-refractivity contribution is -0.129. The number of hydrogen-bond acceptors (Lipinski definition) is 3. The van der Waals surface area contributed by atoms with Crippen LogP contribution in [0.1, 0.15) is 12.5 Å². The standard InChI is InChI=1S/C14H20BrN3O/c1-3-16-9-11-4-5-13(12(15)8-11)18-7-6-17(2)14(19)10-18/h4-5,8,16H,3,6-7,9-10H2,1-2H3. The summed E-state index contributed by atoms with van der Waals surface area (Å²) < 4.78 is 1.06. The quantitative estimate of drug-likeness (QED) is 0.917. The van der Waals surface area contributed by atoms with E-state index in [1.54, 1.807) is 4.90 Å². The number of piperazine rings is 1. The van der Waals surface area contributed by atoms with Crippen LogP contribution in [0, 0.1) is 0 Å². The molecule has 2 rings (SSSR count). The van der Waals surface area contributed by atoms with E-state index in [1.807, 2.05) is 7.05 Å². The highest BCUT2D eigenvalue weighted by Gasteiger charge is 2.22.